The monoisotopic (exact) mass is 295 g/mol. The molecule has 0 amide bonds. The molecule has 2 heteroatoms. The first-order valence-corrected chi connectivity index (χ1v) is 7.14. The fourth-order valence-corrected chi connectivity index (χ4v) is 2.11. The molecule has 1 unspecified atom stereocenters. The van der Waals surface area contributed by atoms with Gasteiger partial charge in [0.05, 0.1) is 0 Å². The second-order valence-electron chi connectivity index (χ2n) is 4.35. The number of benzene rings is 1. The summed E-state index contributed by atoms with van der Waals surface area (Å²) in [5, 5.41) is 3.61. The van der Waals surface area contributed by atoms with Crippen LogP contribution < -0.4 is 5.32 Å². The molecule has 17 heavy (non-hydrogen) atoms. The van der Waals surface area contributed by atoms with Crippen LogP contribution >= 0.6 is 15.9 Å². The molecule has 1 aromatic rings. The molecule has 0 aliphatic heterocycles. The fraction of sp³-hybridized carbons (Fsp3) is 0.467. The van der Waals surface area contributed by atoms with Gasteiger partial charge in [-0.15, -0.1) is 6.58 Å². The van der Waals surface area contributed by atoms with E-state index in [1.165, 1.54) is 18.4 Å². The Hall–Kier alpha value is -0.600. The van der Waals surface area contributed by atoms with Gasteiger partial charge in [-0.3, -0.25) is 0 Å². The van der Waals surface area contributed by atoms with Crippen LogP contribution in [0.1, 0.15) is 31.7 Å². The Morgan fingerprint density at radius 2 is 2.06 bits per heavy atom. The Morgan fingerprint density at radius 1 is 1.35 bits per heavy atom. The normalized spacial score (nSPS) is 12.4. The average molecular weight is 296 g/mol. The summed E-state index contributed by atoms with van der Waals surface area (Å²) >= 11 is 3.47. The molecule has 0 aliphatic carbocycles. The van der Waals surface area contributed by atoms with E-state index in [4.69, 9.17) is 0 Å². The third kappa shape index (κ3) is 6.04. The maximum Gasteiger partial charge on any atom is 0.0175 e. The Morgan fingerprint density at radius 3 is 2.65 bits per heavy atom. The highest BCUT2D eigenvalue weighted by Crippen LogP contribution is 2.13. The predicted molar refractivity (Wildman–Crippen MR) is 79.4 cm³/mol. The number of nitrogens with one attached hydrogen (secondary N) is 1. The van der Waals surface area contributed by atoms with Crippen LogP contribution in [0.25, 0.3) is 0 Å². The van der Waals surface area contributed by atoms with Crippen LogP contribution in [0.15, 0.2) is 41.4 Å². The SMILES string of the molecule is C=CCCC(Cc1ccc(Br)cc1)NCCC. The van der Waals surface area contributed by atoms with Crippen molar-refractivity contribution in [2.75, 3.05) is 6.54 Å². The molecule has 1 aromatic carbocycles. The Labute approximate surface area is 113 Å². The molecule has 1 nitrogen and oxygen atoms in total. The van der Waals surface area contributed by atoms with E-state index < -0.39 is 0 Å². The van der Waals surface area contributed by atoms with Crippen molar-refractivity contribution in [3.8, 4) is 0 Å². The van der Waals surface area contributed by atoms with Gasteiger partial charge in [-0.05, 0) is 49.9 Å². The molecule has 0 heterocycles. The molecule has 0 fully saturated rings. The van der Waals surface area contributed by atoms with Gasteiger partial charge in [0.15, 0.2) is 0 Å². The first-order valence-electron chi connectivity index (χ1n) is 6.35. The lowest BCUT2D eigenvalue weighted by Gasteiger charge is -2.18. The Balaban J connectivity index is 2.51. The Bertz CT molecular complexity index is 318. The molecule has 0 aliphatic rings. The molecule has 0 aromatic heterocycles. The quantitative estimate of drug-likeness (QED) is 0.704. The summed E-state index contributed by atoms with van der Waals surface area (Å²) in [7, 11) is 0. The lowest BCUT2D eigenvalue weighted by molar-refractivity contribution is 0.481. The minimum absolute atomic E-state index is 0.564. The van der Waals surface area contributed by atoms with Gasteiger partial charge in [0.25, 0.3) is 0 Å². The van der Waals surface area contributed by atoms with E-state index in [1.807, 2.05) is 6.08 Å². The standard InChI is InChI=1S/C15H22BrN/c1-3-5-6-15(17-11-4-2)12-13-7-9-14(16)10-8-13/h3,7-10,15,17H,1,4-6,11-12H2,2H3. The van der Waals surface area contributed by atoms with E-state index in [2.05, 4.69) is 59.0 Å². The molecule has 0 spiro atoms. The van der Waals surface area contributed by atoms with Crippen molar-refractivity contribution < 1.29 is 0 Å². The third-order valence-electron chi connectivity index (χ3n) is 2.80. The second kappa shape index (κ2) is 8.48. The third-order valence-corrected chi connectivity index (χ3v) is 3.33. The van der Waals surface area contributed by atoms with Gasteiger partial charge in [0.1, 0.15) is 0 Å². The van der Waals surface area contributed by atoms with Crippen molar-refractivity contribution in [1.82, 2.24) is 5.32 Å². The van der Waals surface area contributed by atoms with Crippen molar-refractivity contribution >= 4 is 15.9 Å². The number of hydrogen-bond donors (Lipinski definition) is 1. The molecule has 0 saturated heterocycles. The first kappa shape index (κ1) is 14.5. The molecule has 0 radical (unpaired) electrons. The summed E-state index contributed by atoms with van der Waals surface area (Å²) in [6.07, 6.45) is 6.53. The largest absolute Gasteiger partial charge is 0.314 e. The van der Waals surface area contributed by atoms with Crippen molar-refractivity contribution in [3.63, 3.8) is 0 Å². The van der Waals surface area contributed by atoms with Gasteiger partial charge in [0.2, 0.25) is 0 Å². The molecule has 0 bridgehead atoms. The van der Waals surface area contributed by atoms with Crippen molar-refractivity contribution in [2.24, 2.45) is 0 Å². The van der Waals surface area contributed by atoms with Crippen molar-refractivity contribution in [2.45, 2.75) is 38.6 Å². The van der Waals surface area contributed by atoms with Crippen LogP contribution in [0, 0.1) is 0 Å². The zero-order valence-corrected chi connectivity index (χ0v) is 12.2. The molecule has 0 saturated carbocycles. The summed E-state index contributed by atoms with van der Waals surface area (Å²) in [5.74, 6) is 0. The summed E-state index contributed by atoms with van der Waals surface area (Å²) in [4.78, 5) is 0. The number of halogens is 1. The highest BCUT2D eigenvalue weighted by Gasteiger charge is 2.07. The molecule has 94 valence electrons. The number of hydrogen-bond acceptors (Lipinski definition) is 1. The number of rotatable bonds is 8. The lowest BCUT2D eigenvalue weighted by atomic mass is 10.0. The molecule has 1 N–H and O–H groups in total. The summed E-state index contributed by atoms with van der Waals surface area (Å²) in [6.45, 7) is 7.10. The summed E-state index contributed by atoms with van der Waals surface area (Å²) in [5.41, 5.74) is 1.39. The molecule has 1 atom stereocenters. The summed E-state index contributed by atoms with van der Waals surface area (Å²) in [6, 6.07) is 9.17. The molecular weight excluding hydrogens is 274 g/mol. The first-order chi connectivity index (χ1) is 8.26. The van der Waals surface area contributed by atoms with E-state index in [0.717, 1.165) is 23.9 Å². The van der Waals surface area contributed by atoms with E-state index in [-0.39, 0.29) is 0 Å². The maximum atomic E-state index is 3.80. The van der Waals surface area contributed by atoms with Crippen LogP contribution in [0.4, 0.5) is 0 Å². The maximum absolute atomic E-state index is 3.80. The minimum Gasteiger partial charge on any atom is -0.314 e. The lowest BCUT2D eigenvalue weighted by Crippen LogP contribution is -2.31. The Kier molecular flexibility index (Phi) is 7.22. The van der Waals surface area contributed by atoms with Gasteiger partial charge < -0.3 is 5.32 Å². The van der Waals surface area contributed by atoms with E-state index in [1.54, 1.807) is 0 Å². The zero-order chi connectivity index (χ0) is 12.5. The van der Waals surface area contributed by atoms with Gasteiger partial charge in [-0.25, -0.2) is 0 Å². The fourth-order valence-electron chi connectivity index (χ4n) is 1.85. The van der Waals surface area contributed by atoms with Crippen LogP contribution in [0.2, 0.25) is 0 Å². The van der Waals surface area contributed by atoms with Crippen molar-refractivity contribution in [3.05, 3.63) is 47.0 Å². The second-order valence-corrected chi connectivity index (χ2v) is 5.26. The summed E-state index contributed by atoms with van der Waals surface area (Å²) < 4.78 is 1.14. The molecular formula is C15H22BrN. The van der Waals surface area contributed by atoms with Gasteiger partial charge in [-0.1, -0.05) is 41.1 Å². The highest BCUT2D eigenvalue weighted by atomic mass is 79.9. The topological polar surface area (TPSA) is 12.0 Å². The predicted octanol–water partition coefficient (Wildman–Crippen LogP) is 4.33. The minimum atomic E-state index is 0.564. The van der Waals surface area contributed by atoms with E-state index >= 15 is 0 Å². The van der Waals surface area contributed by atoms with E-state index in [0.29, 0.717) is 6.04 Å². The zero-order valence-electron chi connectivity index (χ0n) is 10.6. The van der Waals surface area contributed by atoms with Crippen LogP contribution in [-0.2, 0) is 6.42 Å². The molecule has 1 rings (SSSR count). The van der Waals surface area contributed by atoms with Gasteiger partial charge in [-0.2, -0.15) is 0 Å². The van der Waals surface area contributed by atoms with E-state index in [9.17, 15) is 0 Å². The van der Waals surface area contributed by atoms with Crippen LogP contribution in [0.3, 0.4) is 0 Å². The number of allylic oxidation sites excluding steroid dienone is 1. The van der Waals surface area contributed by atoms with Gasteiger partial charge >= 0.3 is 0 Å². The van der Waals surface area contributed by atoms with Gasteiger partial charge in [0, 0.05) is 10.5 Å². The smallest absolute Gasteiger partial charge is 0.0175 e. The highest BCUT2D eigenvalue weighted by molar-refractivity contribution is 9.10. The van der Waals surface area contributed by atoms with Crippen molar-refractivity contribution in [1.29, 1.82) is 0 Å². The van der Waals surface area contributed by atoms with Crippen LogP contribution in [0.5, 0.6) is 0 Å². The van der Waals surface area contributed by atoms with Crippen LogP contribution in [-0.4, -0.2) is 12.6 Å². The average Bonchev–Trinajstić information content (AvgIpc) is 2.35.